The highest BCUT2D eigenvalue weighted by atomic mass is 79.9. The first-order chi connectivity index (χ1) is 7.19. The average Bonchev–Trinajstić information content (AvgIpc) is 2.23. The second-order valence-electron chi connectivity index (χ2n) is 3.22. The normalized spacial score (nSPS) is 10.6. The van der Waals surface area contributed by atoms with Crippen LogP contribution in [0.3, 0.4) is 0 Å². The second-order valence-corrected chi connectivity index (χ2v) is 4.02. The van der Waals surface area contributed by atoms with Gasteiger partial charge in [0.25, 0.3) is 5.56 Å². The number of halogens is 1. The molecule has 0 unspecified atom stereocenters. The van der Waals surface area contributed by atoms with Crippen LogP contribution in [0.5, 0.6) is 0 Å². The van der Waals surface area contributed by atoms with Gasteiger partial charge in [0.2, 0.25) is 0 Å². The molecule has 0 spiro atoms. The predicted octanol–water partition coefficient (Wildman–Crippen LogP) is 1.67. The third-order valence-electron chi connectivity index (χ3n) is 2.08. The zero-order chi connectivity index (χ0) is 11.3. The highest BCUT2D eigenvalue weighted by Gasteiger charge is 2.06. The fourth-order valence-corrected chi connectivity index (χ4v) is 1.76. The first-order valence-electron chi connectivity index (χ1n) is 4.95. The third-order valence-corrected chi connectivity index (χ3v) is 2.90. The Morgan fingerprint density at radius 3 is 2.87 bits per heavy atom. The van der Waals surface area contributed by atoms with Crippen molar-refractivity contribution in [3.8, 4) is 0 Å². The van der Waals surface area contributed by atoms with E-state index >= 15 is 0 Å². The molecule has 0 aliphatic heterocycles. The summed E-state index contributed by atoms with van der Waals surface area (Å²) in [6.07, 6.45) is 2.36. The number of hydrogen-bond donors (Lipinski definition) is 1. The fraction of sp³-hybridized carbons (Fsp3) is 0.600. The minimum absolute atomic E-state index is 0.103. The van der Waals surface area contributed by atoms with E-state index < -0.39 is 0 Å². The molecule has 0 saturated heterocycles. The minimum atomic E-state index is -0.103. The number of methoxy groups -OCH3 is 1. The van der Waals surface area contributed by atoms with Gasteiger partial charge in [-0.25, -0.2) is 4.98 Å². The molecular weight excluding hydrogens is 260 g/mol. The van der Waals surface area contributed by atoms with Gasteiger partial charge < -0.3 is 9.72 Å². The Kier molecular flexibility index (Phi) is 4.98. The molecule has 1 heterocycles. The van der Waals surface area contributed by atoms with Gasteiger partial charge in [-0.1, -0.05) is 6.92 Å². The number of aryl methyl sites for hydroxylation is 2. The molecule has 1 aromatic rings. The zero-order valence-electron chi connectivity index (χ0n) is 8.97. The van der Waals surface area contributed by atoms with Crippen LogP contribution in [0.15, 0.2) is 9.27 Å². The van der Waals surface area contributed by atoms with Crippen molar-refractivity contribution in [1.82, 2.24) is 9.97 Å². The lowest BCUT2D eigenvalue weighted by molar-refractivity contribution is 0.194. The van der Waals surface area contributed by atoms with Crippen molar-refractivity contribution in [3.05, 3.63) is 26.3 Å². The largest absolute Gasteiger partial charge is 0.385 e. The quantitative estimate of drug-likeness (QED) is 0.832. The second kappa shape index (κ2) is 6.02. The summed E-state index contributed by atoms with van der Waals surface area (Å²) >= 11 is 3.23. The Bertz CT molecular complexity index is 376. The Balaban J connectivity index is 2.82. The molecule has 4 nitrogen and oxygen atoms in total. The van der Waals surface area contributed by atoms with Gasteiger partial charge >= 0.3 is 0 Å². The summed E-state index contributed by atoms with van der Waals surface area (Å²) in [5.41, 5.74) is 0.709. The monoisotopic (exact) mass is 274 g/mol. The first kappa shape index (κ1) is 12.4. The number of aromatic amines is 1. The van der Waals surface area contributed by atoms with Crippen LogP contribution in [0.1, 0.15) is 24.9 Å². The van der Waals surface area contributed by atoms with Crippen LogP contribution in [-0.2, 0) is 17.6 Å². The molecule has 1 N–H and O–H groups in total. The van der Waals surface area contributed by atoms with Crippen molar-refractivity contribution in [2.24, 2.45) is 0 Å². The number of rotatable bonds is 5. The van der Waals surface area contributed by atoms with Crippen molar-refractivity contribution >= 4 is 15.9 Å². The molecule has 0 aliphatic rings. The maximum absolute atomic E-state index is 11.5. The first-order valence-corrected chi connectivity index (χ1v) is 5.74. The molecule has 15 heavy (non-hydrogen) atoms. The summed E-state index contributed by atoms with van der Waals surface area (Å²) in [4.78, 5) is 18.6. The minimum Gasteiger partial charge on any atom is -0.385 e. The molecule has 0 amide bonds. The van der Waals surface area contributed by atoms with Gasteiger partial charge in [-0.3, -0.25) is 4.79 Å². The number of ether oxygens (including phenoxy) is 1. The number of H-pyrrole nitrogens is 1. The maximum Gasteiger partial charge on any atom is 0.265 e. The van der Waals surface area contributed by atoms with Crippen molar-refractivity contribution in [1.29, 1.82) is 0 Å². The van der Waals surface area contributed by atoms with E-state index in [1.54, 1.807) is 7.11 Å². The average molecular weight is 275 g/mol. The van der Waals surface area contributed by atoms with Gasteiger partial charge in [0, 0.05) is 20.1 Å². The van der Waals surface area contributed by atoms with E-state index in [2.05, 4.69) is 25.9 Å². The summed E-state index contributed by atoms with van der Waals surface area (Å²) in [7, 11) is 1.66. The van der Waals surface area contributed by atoms with Crippen LogP contribution in [-0.4, -0.2) is 23.7 Å². The molecule has 0 atom stereocenters. The summed E-state index contributed by atoms with van der Waals surface area (Å²) in [5, 5.41) is 0. The Labute approximate surface area is 97.2 Å². The summed E-state index contributed by atoms with van der Waals surface area (Å²) in [6, 6.07) is 0. The van der Waals surface area contributed by atoms with E-state index in [4.69, 9.17) is 4.74 Å². The van der Waals surface area contributed by atoms with Gasteiger partial charge in [-0.2, -0.15) is 0 Å². The van der Waals surface area contributed by atoms with Crippen LogP contribution >= 0.6 is 15.9 Å². The van der Waals surface area contributed by atoms with Crippen molar-refractivity contribution in [2.45, 2.75) is 26.2 Å². The van der Waals surface area contributed by atoms with E-state index in [-0.39, 0.29) is 5.56 Å². The van der Waals surface area contributed by atoms with Crippen LogP contribution in [0.4, 0.5) is 0 Å². The molecule has 1 rings (SSSR count). The van der Waals surface area contributed by atoms with E-state index in [1.807, 2.05) is 6.92 Å². The lowest BCUT2D eigenvalue weighted by atomic mass is 10.2. The number of hydrogen-bond acceptors (Lipinski definition) is 3. The molecule has 0 fully saturated rings. The molecular formula is C10H15BrN2O2. The predicted molar refractivity (Wildman–Crippen MR) is 62.1 cm³/mol. The Hall–Kier alpha value is -0.680. The standard InChI is InChI=1S/C10H15BrN2O2/c1-3-7-9(11)10(14)13-8(12-7)5-4-6-15-2/h3-6H2,1-2H3,(H,12,13,14). The third kappa shape index (κ3) is 3.43. The number of aromatic nitrogens is 2. The topological polar surface area (TPSA) is 55.0 Å². The van der Waals surface area contributed by atoms with Crippen LogP contribution in [0.25, 0.3) is 0 Å². The van der Waals surface area contributed by atoms with E-state index in [0.717, 1.165) is 30.8 Å². The lowest BCUT2D eigenvalue weighted by Crippen LogP contribution is -2.15. The van der Waals surface area contributed by atoms with E-state index in [9.17, 15) is 4.79 Å². The molecule has 0 bridgehead atoms. The van der Waals surface area contributed by atoms with Crippen LogP contribution in [0, 0.1) is 0 Å². The van der Waals surface area contributed by atoms with Crippen LogP contribution in [0.2, 0.25) is 0 Å². The van der Waals surface area contributed by atoms with Gasteiger partial charge in [0.1, 0.15) is 10.3 Å². The van der Waals surface area contributed by atoms with Gasteiger partial charge in [-0.05, 0) is 28.8 Å². The van der Waals surface area contributed by atoms with Crippen molar-refractivity contribution < 1.29 is 4.74 Å². The summed E-state index contributed by atoms with van der Waals surface area (Å²) < 4.78 is 5.49. The van der Waals surface area contributed by atoms with E-state index in [1.165, 1.54) is 0 Å². The van der Waals surface area contributed by atoms with Gasteiger partial charge in [0.15, 0.2) is 0 Å². The molecule has 5 heteroatoms. The Morgan fingerprint density at radius 2 is 2.27 bits per heavy atom. The molecule has 84 valence electrons. The highest BCUT2D eigenvalue weighted by Crippen LogP contribution is 2.09. The highest BCUT2D eigenvalue weighted by molar-refractivity contribution is 9.10. The SMILES string of the molecule is CCc1nc(CCCOC)[nH]c(=O)c1Br. The number of nitrogens with one attached hydrogen (secondary N) is 1. The Morgan fingerprint density at radius 1 is 1.53 bits per heavy atom. The smallest absolute Gasteiger partial charge is 0.265 e. The molecule has 0 aliphatic carbocycles. The molecule has 0 saturated carbocycles. The summed E-state index contributed by atoms with van der Waals surface area (Å²) in [6.45, 7) is 2.66. The van der Waals surface area contributed by atoms with Gasteiger partial charge in [0.05, 0.1) is 5.69 Å². The summed E-state index contributed by atoms with van der Waals surface area (Å²) in [5.74, 6) is 0.733. The fourth-order valence-electron chi connectivity index (χ4n) is 1.29. The number of nitrogens with zero attached hydrogens (tertiary/aromatic N) is 1. The molecule has 1 aromatic heterocycles. The van der Waals surface area contributed by atoms with Crippen molar-refractivity contribution in [2.75, 3.05) is 13.7 Å². The lowest BCUT2D eigenvalue weighted by Gasteiger charge is -2.04. The van der Waals surface area contributed by atoms with Gasteiger partial charge in [-0.15, -0.1) is 0 Å². The van der Waals surface area contributed by atoms with Crippen LogP contribution < -0.4 is 5.56 Å². The zero-order valence-corrected chi connectivity index (χ0v) is 10.6. The maximum atomic E-state index is 11.5. The van der Waals surface area contributed by atoms with Crippen molar-refractivity contribution in [3.63, 3.8) is 0 Å². The van der Waals surface area contributed by atoms with E-state index in [0.29, 0.717) is 11.1 Å². The molecule has 0 radical (unpaired) electrons. The molecule has 0 aromatic carbocycles.